The minimum atomic E-state index is -0.533. The third kappa shape index (κ3) is 4.33. The van der Waals surface area contributed by atoms with Gasteiger partial charge in [-0.1, -0.05) is 31.6 Å². The molecule has 0 aliphatic heterocycles. The van der Waals surface area contributed by atoms with Crippen LogP contribution in [0.15, 0.2) is 26.9 Å². The first-order valence-electron chi connectivity index (χ1n) is 7.15. The number of hydrogen-bond donors (Lipinski definition) is 2. The van der Waals surface area contributed by atoms with Crippen molar-refractivity contribution in [3.63, 3.8) is 0 Å². The maximum atomic E-state index is 11.6. The number of aliphatic hydroxyl groups is 1. The van der Waals surface area contributed by atoms with E-state index in [2.05, 4.69) is 0 Å². The molecule has 4 nitrogen and oxygen atoms in total. The van der Waals surface area contributed by atoms with Crippen molar-refractivity contribution in [3.05, 3.63) is 45.0 Å². The normalized spacial score (nSPS) is 15.4. The van der Waals surface area contributed by atoms with Crippen LogP contribution in [-0.4, -0.2) is 16.3 Å². The smallest absolute Gasteiger partial charge is 0.342 e. The predicted octanol–water partition coefficient (Wildman–Crippen LogP) is 3.33. The van der Waals surface area contributed by atoms with E-state index in [0.717, 1.165) is 5.57 Å². The van der Waals surface area contributed by atoms with Crippen molar-refractivity contribution < 1.29 is 14.6 Å². The van der Waals surface area contributed by atoms with Crippen LogP contribution in [0.4, 0.5) is 0 Å². The average Bonchev–Trinajstić information content (AvgIpc) is 2.46. The quantitative estimate of drug-likeness (QED) is 0.817. The van der Waals surface area contributed by atoms with Gasteiger partial charge in [0.1, 0.15) is 11.5 Å². The molecular formula is C17H24O4. The largest absolute Gasteiger partial charge is 0.507 e. The van der Waals surface area contributed by atoms with E-state index < -0.39 is 5.63 Å². The second-order valence-electron chi connectivity index (χ2n) is 5.43. The lowest BCUT2D eigenvalue weighted by Crippen LogP contribution is -2.14. The summed E-state index contributed by atoms with van der Waals surface area (Å²) in [4.78, 5) is 11.6. The monoisotopic (exact) mass is 292 g/mol. The van der Waals surface area contributed by atoms with Crippen LogP contribution in [-0.2, 0) is 0 Å². The summed E-state index contributed by atoms with van der Waals surface area (Å²) in [7, 11) is 0. The minimum absolute atomic E-state index is 0.0256. The molecule has 0 bridgehead atoms. The van der Waals surface area contributed by atoms with Crippen molar-refractivity contribution in [2.24, 2.45) is 5.92 Å². The first-order chi connectivity index (χ1) is 9.77. The Balaban J connectivity index is 3.01. The zero-order valence-corrected chi connectivity index (χ0v) is 13.3. The highest BCUT2D eigenvalue weighted by Gasteiger charge is 2.11. The van der Waals surface area contributed by atoms with E-state index in [9.17, 15) is 15.0 Å². The van der Waals surface area contributed by atoms with Crippen LogP contribution in [0.3, 0.4) is 0 Å². The standard InChI is InChI=1S/C17H24O4/c1-6-14(18)11(3)9-10(2)7-8-15-12(4)16(19)13(5)17(20)21-15/h7-9,11,14,18-19H,6H2,1-5H3. The maximum absolute atomic E-state index is 11.6. The summed E-state index contributed by atoms with van der Waals surface area (Å²) in [6, 6.07) is 0. The van der Waals surface area contributed by atoms with Gasteiger partial charge in [0.25, 0.3) is 0 Å². The van der Waals surface area contributed by atoms with Crippen LogP contribution < -0.4 is 5.63 Å². The topological polar surface area (TPSA) is 70.7 Å². The van der Waals surface area contributed by atoms with Gasteiger partial charge >= 0.3 is 5.63 Å². The fraction of sp³-hybridized carbons (Fsp3) is 0.471. The zero-order valence-electron chi connectivity index (χ0n) is 13.3. The number of rotatable bonds is 5. The van der Waals surface area contributed by atoms with E-state index in [1.807, 2.05) is 26.8 Å². The summed E-state index contributed by atoms with van der Waals surface area (Å²) < 4.78 is 5.16. The van der Waals surface area contributed by atoms with Crippen molar-refractivity contribution in [2.75, 3.05) is 0 Å². The Morgan fingerprint density at radius 1 is 1.33 bits per heavy atom. The van der Waals surface area contributed by atoms with E-state index in [0.29, 0.717) is 17.7 Å². The van der Waals surface area contributed by atoms with Gasteiger partial charge in [0, 0.05) is 11.5 Å². The lowest BCUT2D eigenvalue weighted by molar-refractivity contribution is 0.133. The van der Waals surface area contributed by atoms with Crippen LogP contribution in [0.1, 0.15) is 44.1 Å². The number of allylic oxidation sites excluding steroid dienone is 2. The highest BCUT2D eigenvalue weighted by Crippen LogP contribution is 2.23. The van der Waals surface area contributed by atoms with Gasteiger partial charge in [0.05, 0.1) is 11.7 Å². The van der Waals surface area contributed by atoms with Crippen molar-refractivity contribution in [2.45, 2.75) is 47.1 Å². The fourth-order valence-corrected chi connectivity index (χ4v) is 2.07. The lowest BCUT2D eigenvalue weighted by atomic mass is 9.99. The van der Waals surface area contributed by atoms with Gasteiger partial charge in [0.15, 0.2) is 0 Å². The van der Waals surface area contributed by atoms with Crippen molar-refractivity contribution in [1.82, 2.24) is 0 Å². The van der Waals surface area contributed by atoms with E-state index in [1.54, 1.807) is 19.1 Å². The first-order valence-corrected chi connectivity index (χ1v) is 7.15. The molecule has 0 spiro atoms. The lowest BCUT2D eigenvalue weighted by Gasteiger charge is -2.13. The van der Waals surface area contributed by atoms with Crippen molar-refractivity contribution in [1.29, 1.82) is 0 Å². The highest BCUT2D eigenvalue weighted by atomic mass is 16.4. The third-order valence-corrected chi connectivity index (χ3v) is 3.64. The highest BCUT2D eigenvalue weighted by molar-refractivity contribution is 5.55. The molecule has 4 heteroatoms. The molecule has 1 rings (SSSR count). The predicted molar refractivity (Wildman–Crippen MR) is 84.4 cm³/mol. The summed E-state index contributed by atoms with van der Waals surface area (Å²) >= 11 is 0. The van der Waals surface area contributed by atoms with Crippen LogP contribution in [0.2, 0.25) is 0 Å². The second-order valence-corrected chi connectivity index (χ2v) is 5.43. The molecule has 0 amide bonds. The average molecular weight is 292 g/mol. The molecule has 1 heterocycles. The van der Waals surface area contributed by atoms with E-state index in [-0.39, 0.29) is 23.3 Å². The fourth-order valence-electron chi connectivity index (χ4n) is 2.07. The van der Waals surface area contributed by atoms with Crippen LogP contribution in [0, 0.1) is 19.8 Å². The van der Waals surface area contributed by atoms with E-state index >= 15 is 0 Å². The number of hydrogen-bond acceptors (Lipinski definition) is 4. The molecule has 0 radical (unpaired) electrons. The van der Waals surface area contributed by atoms with Crippen LogP contribution >= 0.6 is 0 Å². The molecule has 21 heavy (non-hydrogen) atoms. The Morgan fingerprint density at radius 2 is 1.95 bits per heavy atom. The minimum Gasteiger partial charge on any atom is -0.507 e. The summed E-state index contributed by atoms with van der Waals surface area (Å²) in [5.74, 6) is 0.376. The van der Waals surface area contributed by atoms with Gasteiger partial charge in [0.2, 0.25) is 0 Å². The Labute approximate surface area is 125 Å². The molecular weight excluding hydrogens is 268 g/mol. The summed E-state index contributed by atoms with van der Waals surface area (Å²) in [6.07, 6.45) is 5.77. The third-order valence-electron chi connectivity index (χ3n) is 3.64. The molecule has 0 aromatic carbocycles. The Hall–Kier alpha value is -1.81. The molecule has 2 atom stereocenters. The molecule has 2 N–H and O–H groups in total. The molecule has 0 saturated heterocycles. The van der Waals surface area contributed by atoms with E-state index in [4.69, 9.17) is 4.42 Å². The van der Waals surface area contributed by atoms with Crippen LogP contribution in [0.5, 0.6) is 5.75 Å². The summed E-state index contributed by atoms with van der Waals surface area (Å²) in [5.41, 5.74) is 1.18. The van der Waals surface area contributed by atoms with Gasteiger partial charge < -0.3 is 14.6 Å². The molecule has 1 aromatic heterocycles. The van der Waals surface area contributed by atoms with Gasteiger partial charge in [-0.25, -0.2) is 4.79 Å². The molecule has 1 aromatic rings. The first kappa shape index (κ1) is 17.2. The van der Waals surface area contributed by atoms with Crippen LogP contribution in [0.25, 0.3) is 6.08 Å². The number of aliphatic hydroxyl groups excluding tert-OH is 1. The molecule has 0 saturated carbocycles. The van der Waals surface area contributed by atoms with Crippen molar-refractivity contribution >= 4 is 6.08 Å². The summed E-state index contributed by atoms with van der Waals surface area (Å²) in [6.45, 7) is 9.03. The molecule has 0 aliphatic rings. The SMILES string of the molecule is CCC(O)C(C)C=C(C)C=Cc1oc(=O)c(C)c(O)c1C. The van der Waals surface area contributed by atoms with Gasteiger partial charge in [-0.3, -0.25) is 0 Å². The molecule has 116 valence electrons. The Morgan fingerprint density at radius 3 is 2.52 bits per heavy atom. The maximum Gasteiger partial charge on any atom is 0.342 e. The molecule has 0 aliphatic carbocycles. The van der Waals surface area contributed by atoms with Gasteiger partial charge in [-0.15, -0.1) is 0 Å². The Kier molecular flexibility index (Phi) is 5.97. The summed E-state index contributed by atoms with van der Waals surface area (Å²) in [5, 5.41) is 19.6. The van der Waals surface area contributed by atoms with E-state index in [1.165, 1.54) is 6.92 Å². The number of aromatic hydroxyl groups is 1. The molecule has 2 unspecified atom stereocenters. The van der Waals surface area contributed by atoms with Gasteiger partial charge in [-0.2, -0.15) is 0 Å². The molecule has 0 fully saturated rings. The Bertz CT molecular complexity index is 608. The van der Waals surface area contributed by atoms with Gasteiger partial charge in [-0.05, 0) is 33.3 Å². The van der Waals surface area contributed by atoms with Crippen molar-refractivity contribution in [3.8, 4) is 5.75 Å². The zero-order chi connectivity index (χ0) is 16.2. The second kappa shape index (κ2) is 7.27.